The van der Waals surface area contributed by atoms with Crippen molar-refractivity contribution in [2.24, 2.45) is 0 Å². The molecule has 4 heteroatoms. The highest BCUT2D eigenvalue weighted by Crippen LogP contribution is 2.30. The molecule has 0 saturated carbocycles. The first-order chi connectivity index (χ1) is 8.60. The Hall–Kier alpha value is -1.32. The predicted octanol–water partition coefficient (Wildman–Crippen LogP) is 3.41. The van der Waals surface area contributed by atoms with Crippen LogP contribution in [0.25, 0.3) is 11.0 Å². The molecule has 2 aromatic rings. The third-order valence-electron chi connectivity index (χ3n) is 3.59. The van der Waals surface area contributed by atoms with Crippen LogP contribution in [-0.2, 0) is 0 Å². The lowest BCUT2D eigenvalue weighted by molar-refractivity contribution is 0.0857. The van der Waals surface area contributed by atoms with E-state index < -0.39 is 5.54 Å². The van der Waals surface area contributed by atoms with E-state index in [1.165, 1.54) is 0 Å². The number of carbonyl (C=O) groups excluding carboxylic acids is 1. The van der Waals surface area contributed by atoms with Crippen LogP contribution in [-0.4, -0.2) is 17.9 Å². The maximum Gasteiger partial charge on any atom is 0.217 e. The molecule has 1 saturated heterocycles. The van der Waals surface area contributed by atoms with Crippen molar-refractivity contribution >= 4 is 28.4 Å². The molecule has 18 heavy (non-hydrogen) atoms. The summed E-state index contributed by atoms with van der Waals surface area (Å²) >= 11 is 6.05. The number of rotatable bonds is 2. The van der Waals surface area contributed by atoms with Gasteiger partial charge in [0.25, 0.3) is 0 Å². The number of carbonyl (C=O) groups is 1. The van der Waals surface area contributed by atoms with Gasteiger partial charge >= 0.3 is 0 Å². The monoisotopic (exact) mass is 263 g/mol. The van der Waals surface area contributed by atoms with E-state index in [1.54, 1.807) is 12.1 Å². The molecule has 1 aromatic carbocycles. The summed E-state index contributed by atoms with van der Waals surface area (Å²) in [5.74, 6) is 0.391. The summed E-state index contributed by atoms with van der Waals surface area (Å²) in [5, 5.41) is 4.65. The number of hydrogen-bond acceptors (Lipinski definition) is 3. The summed E-state index contributed by atoms with van der Waals surface area (Å²) < 4.78 is 5.62. The minimum absolute atomic E-state index is 0.00673. The minimum Gasteiger partial charge on any atom is -0.451 e. The van der Waals surface area contributed by atoms with Gasteiger partial charge < -0.3 is 9.73 Å². The Bertz CT molecular complexity index is 611. The lowest BCUT2D eigenvalue weighted by atomic mass is 9.93. The van der Waals surface area contributed by atoms with Crippen molar-refractivity contribution in [3.63, 3.8) is 0 Å². The molecule has 1 N–H and O–H groups in total. The first-order valence-electron chi connectivity index (χ1n) is 6.08. The molecule has 0 radical (unpaired) electrons. The fourth-order valence-electron chi connectivity index (χ4n) is 2.50. The largest absolute Gasteiger partial charge is 0.451 e. The van der Waals surface area contributed by atoms with Crippen molar-refractivity contribution in [2.75, 3.05) is 6.54 Å². The molecule has 1 aliphatic heterocycles. The maximum atomic E-state index is 12.5. The number of hydrogen-bond donors (Lipinski definition) is 1. The van der Waals surface area contributed by atoms with Crippen LogP contribution in [0.15, 0.2) is 28.7 Å². The highest BCUT2D eigenvalue weighted by Gasteiger charge is 2.38. The molecule has 0 amide bonds. The molecule has 94 valence electrons. The maximum absolute atomic E-state index is 12.5. The van der Waals surface area contributed by atoms with Crippen molar-refractivity contribution in [3.8, 4) is 0 Å². The second-order valence-corrected chi connectivity index (χ2v) is 5.37. The molecule has 1 atom stereocenters. The zero-order valence-corrected chi connectivity index (χ0v) is 10.9. The molecule has 1 fully saturated rings. The lowest BCUT2D eigenvalue weighted by Crippen LogP contribution is -2.44. The number of furan rings is 1. The highest BCUT2D eigenvalue weighted by atomic mass is 35.5. The van der Waals surface area contributed by atoms with E-state index in [0.29, 0.717) is 16.4 Å². The van der Waals surface area contributed by atoms with Crippen molar-refractivity contribution in [1.82, 2.24) is 5.32 Å². The molecule has 1 unspecified atom stereocenters. The van der Waals surface area contributed by atoms with Crippen LogP contribution in [0.5, 0.6) is 0 Å². The molecule has 3 nitrogen and oxygen atoms in total. The van der Waals surface area contributed by atoms with E-state index in [0.717, 1.165) is 24.8 Å². The molecule has 0 spiro atoms. The first-order valence-corrected chi connectivity index (χ1v) is 6.46. The summed E-state index contributed by atoms with van der Waals surface area (Å²) in [6.45, 7) is 2.81. The van der Waals surface area contributed by atoms with Crippen molar-refractivity contribution in [2.45, 2.75) is 25.3 Å². The van der Waals surface area contributed by atoms with E-state index in [2.05, 4.69) is 5.32 Å². The van der Waals surface area contributed by atoms with Gasteiger partial charge in [-0.25, -0.2) is 0 Å². The van der Waals surface area contributed by atoms with Crippen LogP contribution in [0, 0.1) is 0 Å². The van der Waals surface area contributed by atoms with E-state index in [-0.39, 0.29) is 5.78 Å². The Labute approximate surface area is 110 Å². The quantitative estimate of drug-likeness (QED) is 0.845. The highest BCUT2D eigenvalue weighted by molar-refractivity contribution is 6.34. The number of halogens is 1. The second kappa shape index (κ2) is 4.11. The van der Waals surface area contributed by atoms with Gasteiger partial charge in [-0.05, 0) is 38.4 Å². The summed E-state index contributed by atoms with van der Waals surface area (Å²) in [6.07, 6.45) is 1.86. The third kappa shape index (κ3) is 1.74. The fourth-order valence-corrected chi connectivity index (χ4v) is 2.72. The van der Waals surface area contributed by atoms with E-state index in [9.17, 15) is 4.79 Å². The number of Topliss-reactive ketones (excluding diaryl/α,β-unsaturated/α-hetero) is 1. The van der Waals surface area contributed by atoms with Gasteiger partial charge in [0.2, 0.25) is 5.78 Å². The van der Waals surface area contributed by atoms with Crippen LogP contribution in [0.3, 0.4) is 0 Å². The van der Waals surface area contributed by atoms with Gasteiger partial charge in [0, 0.05) is 5.39 Å². The van der Waals surface area contributed by atoms with Gasteiger partial charge in [0.1, 0.15) is 0 Å². The van der Waals surface area contributed by atoms with Crippen LogP contribution in [0.4, 0.5) is 0 Å². The molecule has 0 bridgehead atoms. The summed E-state index contributed by atoms with van der Waals surface area (Å²) in [7, 11) is 0. The Morgan fingerprint density at radius 3 is 3.00 bits per heavy atom. The zero-order valence-electron chi connectivity index (χ0n) is 10.1. The number of fused-ring (bicyclic) bond motifs is 1. The summed E-state index contributed by atoms with van der Waals surface area (Å²) in [5.41, 5.74) is 0.0875. The van der Waals surface area contributed by atoms with Crippen LogP contribution in [0.1, 0.15) is 30.3 Å². The van der Waals surface area contributed by atoms with Crippen LogP contribution >= 0.6 is 11.6 Å². The second-order valence-electron chi connectivity index (χ2n) is 4.96. The zero-order chi connectivity index (χ0) is 12.8. The smallest absolute Gasteiger partial charge is 0.217 e. The van der Waals surface area contributed by atoms with Gasteiger partial charge in [0.05, 0.1) is 10.6 Å². The van der Waals surface area contributed by atoms with Gasteiger partial charge in [-0.15, -0.1) is 0 Å². The van der Waals surface area contributed by atoms with Crippen LogP contribution in [0.2, 0.25) is 5.02 Å². The van der Waals surface area contributed by atoms with Crippen molar-refractivity contribution in [1.29, 1.82) is 0 Å². The summed E-state index contributed by atoms with van der Waals surface area (Å²) in [4.78, 5) is 12.5. The van der Waals surface area contributed by atoms with Gasteiger partial charge in [-0.3, -0.25) is 4.79 Å². The van der Waals surface area contributed by atoms with Crippen LogP contribution < -0.4 is 5.32 Å². The summed E-state index contributed by atoms with van der Waals surface area (Å²) in [6, 6.07) is 7.28. The van der Waals surface area contributed by atoms with Gasteiger partial charge in [-0.2, -0.15) is 0 Å². The third-order valence-corrected chi connectivity index (χ3v) is 3.89. The standard InChI is InChI=1S/C14H14ClNO2/c1-14(6-3-7-16-14)13(17)11-8-9-4-2-5-10(15)12(9)18-11/h2,4-5,8,16H,3,6-7H2,1H3. The van der Waals surface area contributed by atoms with Crippen molar-refractivity contribution in [3.05, 3.63) is 35.0 Å². The predicted molar refractivity (Wildman–Crippen MR) is 71.2 cm³/mol. The molecular weight excluding hydrogens is 250 g/mol. The average Bonchev–Trinajstić information content (AvgIpc) is 2.96. The lowest BCUT2D eigenvalue weighted by Gasteiger charge is -2.20. The van der Waals surface area contributed by atoms with Gasteiger partial charge in [-0.1, -0.05) is 23.7 Å². The molecule has 1 aliphatic rings. The first kappa shape index (κ1) is 11.8. The number of benzene rings is 1. The average molecular weight is 264 g/mol. The Kier molecular flexibility index (Phi) is 2.68. The molecule has 1 aromatic heterocycles. The number of para-hydroxylation sites is 1. The molecule has 3 rings (SSSR count). The molecular formula is C14H14ClNO2. The normalized spacial score (nSPS) is 23.7. The molecule has 0 aliphatic carbocycles. The SMILES string of the molecule is CC1(C(=O)c2cc3cccc(Cl)c3o2)CCCN1. The van der Waals surface area contributed by atoms with E-state index in [1.807, 2.05) is 19.1 Å². The van der Waals surface area contributed by atoms with Crippen molar-refractivity contribution < 1.29 is 9.21 Å². The Morgan fingerprint density at radius 2 is 2.33 bits per heavy atom. The molecule has 2 heterocycles. The minimum atomic E-state index is -0.500. The topological polar surface area (TPSA) is 42.2 Å². The Balaban J connectivity index is 2.04. The number of ketones is 1. The van der Waals surface area contributed by atoms with Gasteiger partial charge in [0.15, 0.2) is 11.3 Å². The Morgan fingerprint density at radius 1 is 1.50 bits per heavy atom. The van der Waals surface area contributed by atoms with E-state index in [4.69, 9.17) is 16.0 Å². The fraction of sp³-hybridized carbons (Fsp3) is 0.357. The number of nitrogens with one attached hydrogen (secondary N) is 1. The van der Waals surface area contributed by atoms with E-state index >= 15 is 0 Å².